The smallest absolute Gasteiger partial charge is 0.338 e. The van der Waals surface area contributed by atoms with Crippen LogP contribution in [0.3, 0.4) is 0 Å². The summed E-state index contributed by atoms with van der Waals surface area (Å²) in [5, 5.41) is 10.6. The highest BCUT2D eigenvalue weighted by Gasteiger charge is 2.35. The van der Waals surface area contributed by atoms with Gasteiger partial charge < -0.3 is 4.74 Å². The van der Waals surface area contributed by atoms with Gasteiger partial charge >= 0.3 is 5.97 Å². The Morgan fingerprint density at radius 1 is 1.27 bits per heavy atom. The van der Waals surface area contributed by atoms with Crippen molar-refractivity contribution in [2.45, 2.75) is 52.1 Å². The third kappa shape index (κ3) is 4.33. The molecule has 1 rings (SSSR count). The number of ether oxygens (including phenoxy) is 1. The molecule has 0 amide bonds. The van der Waals surface area contributed by atoms with Crippen LogP contribution in [-0.4, -0.2) is 17.4 Å². The van der Waals surface area contributed by atoms with Gasteiger partial charge in [0.2, 0.25) is 0 Å². The highest BCUT2D eigenvalue weighted by atomic mass is 79.9. The number of halogens is 1. The van der Waals surface area contributed by atoms with Crippen LogP contribution < -0.4 is 0 Å². The third-order valence-corrected chi connectivity index (χ3v) is 4.43. The van der Waals surface area contributed by atoms with Crippen LogP contribution in [0.1, 0.15) is 56.5 Å². The van der Waals surface area contributed by atoms with Crippen molar-refractivity contribution >= 4 is 21.9 Å². The topological polar surface area (TPSA) is 50.1 Å². The van der Waals surface area contributed by atoms with E-state index in [0.29, 0.717) is 5.56 Å². The van der Waals surface area contributed by atoms with Gasteiger partial charge in [0.25, 0.3) is 0 Å². The van der Waals surface area contributed by atoms with E-state index >= 15 is 0 Å². The van der Waals surface area contributed by atoms with Crippen LogP contribution in [-0.2, 0) is 10.2 Å². The van der Waals surface area contributed by atoms with E-state index in [0.717, 1.165) is 23.7 Å². The normalized spacial score (nSPS) is 13.7. The lowest BCUT2D eigenvalue weighted by molar-refractivity contribution is 0.0378. The summed E-state index contributed by atoms with van der Waals surface area (Å²) < 4.78 is 5.19. The fraction of sp³-hybridized carbons (Fsp3) is 0.556. The molecule has 0 saturated carbocycles. The molecule has 0 saturated heterocycles. The Morgan fingerprint density at radius 2 is 1.86 bits per heavy atom. The number of rotatable bonds is 7. The molecule has 1 aromatic rings. The molecule has 120 valence electrons. The van der Waals surface area contributed by atoms with Crippen LogP contribution >= 0.6 is 15.9 Å². The fourth-order valence-electron chi connectivity index (χ4n) is 2.55. The highest BCUT2D eigenvalue weighted by Crippen LogP contribution is 2.36. The van der Waals surface area contributed by atoms with Crippen molar-refractivity contribution < 1.29 is 9.53 Å². The van der Waals surface area contributed by atoms with Gasteiger partial charge in [-0.25, -0.2) is 4.79 Å². The Labute approximate surface area is 141 Å². The molecule has 0 aliphatic rings. The van der Waals surface area contributed by atoms with E-state index < -0.39 is 5.41 Å². The minimum atomic E-state index is -0.520. The average Bonchev–Trinajstić information content (AvgIpc) is 2.48. The van der Waals surface area contributed by atoms with Gasteiger partial charge in [-0.3, -0.25) is 0 Å². The Morgan fingerprint density at radius 3 is 2.27 bits per heavy atom. The van der Waals surface area contributed by atoms with Crippen LogP contribution in [0.15, 0.2) is 24.3 Å². The molecule has 0 N–H and O–H groups in total. The first-order chi connectivity index (χ1) is 10.4. The van der Waals surface area contributed by atoms with Gasteiger partial charge in [-0.15, -0.1) is 0 Å². The van der Waals surface area contributed by atoms with E-state index in [-0.39, 0.29) is 18.0 Å². The monoisotopic (exact) mass is 365 g/mol. The summed E-state index contributed by atoms with van der Waals surface area (Å²) in [7, 11) is 0. The predicted octanol–water partition coefficient (Wildman–Crippen LogP) is 4.84. The number of alkyl halides is 1. The van der Waals surface area contributed by atoms with Crippen LogP contribution in [0.25, 0.3) is 0 Å². The van der Waals surface area contributed by atoms with Crippen LogP contribution in [0.2, 0.25) is 0 Å². The van der Waals surface area contributed by atoms with Gasteiger partial charge in [-0.05, 0) is 50.3 Å². The molecular formula is C18H24BrNO2. The summed E-state index contributed by atoms with van der Waals surface area (Å²) in [6.07, 6.45) is 1.59. The number of hydrogen-bond donors (Lipinski definition) is 0. The van der Waals surface area contributed by atoms with Crippen molar-refractivity contribution in [3.8, 4) is 6.07 Å². The fourth-order valence-corrected chi connectivity index (χ4v) is 2.83. The molecule has 4 heteroatoms. The van der Waals surface area contributed by atoms with Crippen molar-refractivity contribution in [2.75, 3.05) is 5.33 Å². The molecule has 0 radical (unpaired) electrons. The maximum absolute atomic E-state index is 11.9. The Bertz CT molecular complexity index is 531. The van der Waals surface area contributed by atoms with Gasteiger partial charge in [-0.2, -0.15) is 5.26 Å². The molecule has 1 aromatic carbocycles. The van der Waals surface area contributed by atoms with Crippen LogP contribution in [0, 0.1) is 17.2 Å². The van der Waals surface area contributed by atoms with E-state index in [1.165, 1.54) is 0 Å². The molecular weight excluding hydrogens is 342 g/mol. The minimum absolute atomic E-state index is 0.139. The predicted molar refractivity (Wildman–Crippen MR) is 92.2 cm³/mol. The SMILES string of the molecule is CC(C)OC(=O)c1ccc(C(C#N)(CCCBr)C(C)C)cc1. The summed E-state index contributed by atoms with van der Waals surface area (Å²) in [6.45, 7) is 7.79. The molecule has 1 atom stereocenters. The van der Waals surface area contributed by atoms with Crippen LogP contribution in [0.4, 0.5) is 0 Å². The second-order valence-electron chi connectivity index (χ2n) is 6.06. The number of benzene rings is 1. The first-order valence-electron chi connectivity index (χ1n) is 7.66. The third-order valence-electron chi connectivity index (χ3n) is 3.87. The van der Waals surface area contributed by atoms with Gasteiger partial charge in [0, 0.05) is 5.33 Å². The Kier molecular flexibility index (Phi) is 7.09. The Balaban J connectivity index is 3.08. The molecule has 3 nitrogen and oxygen atoms in total. The molecule has 0 bridgehead atoms. The molecule has 0 fully saturated rings. The number of hydrogen-bond acceptors (Lipinski definition) is 3. The zero-order chi connectivity index (χ0) is 16.8. The average molecular weight is 366 g/mol. The van der Waals surface area contributed by atoms with Crippen molar-refractivity contribution in [3.05, 3.63) is 35.4 Å². The first-order valence-corrected chi connectivity index (χ1v) is 8.78. The standard InChI is InChI=1S/C18H24BrNO2/c1-13(2)18(12-20,10-5-11-19)16-8-6-15(7-9-16)17(21)22-14(3)4/h6-9,13-14H,5,10-11H2,1-4H3. The number of esters is 1. The molecule has 22 heavy (non-hydrogen) atoms. The maximum Gasteiger partial charge on any atom is 0.338 e. The molecule has 1 unspecified atom stereocenters. The molecule has 0 aromatic heterocycles. The lowest BCUT2D eigenvalue weighted by Crippen LogP contribution is -2.31. The van der Waals surface area contributed by atoms with E-state index in [1.807, 2.05) is 26.0 Å². The van der Waals surface area contributed by atoms with Crippen molar-refractivity contribution in [3.63, 3.8) is 0 Å². The number of carbonyl (C=O) groups excluding carboxylic acids is 1. The molecule has 0 heterocycles. The second-order valence-corrected chi connectivity index (χ2v) is 6.85. The van der Waals surface area contributed by atoms with Gasteiger partial charge in [0.15, 0.2) is 0 Å². The van der Waals surface area contributed by atoms with Gasteiger partial charge in [-0.1, -0.05) is 41.9 Å². The summed E-state index contributed by atoms with van der Waals surface area (Å²) in [4.78, 5) is 11.9. The lowest BCUT2D eigenvalue weighted by Gasteiger charge is -2.31. The number of nitriles is 1. The summed E-state index contributed by atoms with van der Waals surface area (Å²) in [5.74, 6) is -0.126. The summed E-state index contributed by atoms with van der Waals surface area (Å²) >= 11 is 3.44. The lowest BCUT2D eigenvalue weighted by atomic mass is 9.70. The van der Waals surface area contributed by atoms with Crippen molar-refractivity contribution in [1.29, 1.82) is 5.26 Å². The van der Waals surface area contributed by atoms with E-state index in [9.17, 15) is 10.1 Å². The first kappa shape index (κ1) is 18.7. The zero-order valence-corrected chi connectivity index (χ0v) is 15.3. The molecule has 0 spiro atoms. The van der Waals surface area contributed by atoms with Gasteiger partial charge in [0.1, 0.15) is 0 Å². The van der Waals surface area contributed by atoms with E-state index in [1.54, 1.807) is 12.1 Å². The highest BCUT2D eigenvalue weighted by molar-refractivity contribution is 9.09. The largest absolute Gasteiger partial charge is 0.459 e. The molecule has 0 aliphatic carbocycles. The second kappa shape index (κ2) is 8.33. The minimum Gasteiger partial charge on any atom is -0.459 e. The number of nitrogens with zero attached hydrogens (tertiary/aromatic N) is 1. The van der Waals surface area contributed by atoms with Crippen LogP contribution in [0.5, 0.6) is 0 Å². The van der Waals surface area contributed by atoms with Crippen molar-refractivity contribution in [1.82, 2.24) is 0 Å². The molecule has 0 aliphatic heterocycles. The summed E-state index contributed by atoms with van der Waals surface area (Å²) in [5.41, 5.74) is 0.967. The quantitative estimate of drug-likeness (QED) is 0.512. The maximum atomic E-state index is 11.9. The van der Waals surface area contributed by atoms with Gasteiger partial charge in [0.05, 0.1) is 23.2 Å². The summed E-state index contributed by atoms with van der Waals surface area (Å²) in [6, 6.07) is 9.78. The van der Waals surface area contributed by atoms with E-state index in [2.05, 4.69) is 35.8 Å². The Hall–Kier alpha value is -1.34. The van der Waals surface area contributed by atoms with E-state index in [4.69, 9.17) is 4.74 Å². The van der Waals surface area contributed by atoms with Crippen molar-refractivity contribution in [2.24, 2.45) is 5.92 Å². The zero-order valence-electron chi connectivity index (χ0n) is 13.7. The number of carbonyl (C=O) groups is 1.